The van der Waals surface area contributed by atoms with E-state index in [1.807, 2.05) is 0 Å². The van der Waals surface area contributed by atoms with Crippen molar-refractivity contribution in [3.05, 3.63) is 0 Å². The standard InChI is InChI=1S/C10H20N2O3/c11-9(10(13)14)15-8-4-3-7-12-5-1-2-6-12/h9H,1-8,11H2,(H,13,14). The summed E-state index contributed by atoms with van der Waals surface area (Å²) in [5.41, 5.74) is 5.19. The van der Waals surface area contributed by atoms with Crippen molar-refractivity contribution in [2.24, 2.45) is 5.73 Å². The van der Waals surface area contributed by atoms with Crippen molar-refractivity contribution in [3.63, 3.8) is 0 Å². The van der Waals surface area contributed by atoms with Gasteiger partial charge >= 0.3 is 5.97 Å². The molecular formula is C10H20N2O3. The molecule has 0 aromatic carbocycles. The zero-order valence-electron chi connectivity index (χ0n) is 9.02. The average molecular weight is 216 g/mol. The quantitative estimate of drug-likeness (QED) is 0.471. The molecule has 0 amide bonds. The Balaban J connectivity index is 1.90. The van der Waals surface area contributed by atoms with Crippen molar-refractivity contribution < 1.29 is 14.6 Å². The number of aliphatic carboxylic acids is 1. The van der Waals surface area contributed by atoms with Gasteiger partial charge in [0.15, 0.2) is 0 Å². The van der Waals surface area contributed by atoms with Crippen molar-refractivity contribution in [1.82, 2.24) is 4.90 Å². The van der Waals surface area contributed by atoms with Gasteiger partial charge in [0.1, 0.15) is 0 Å². The van der Waals surface area contributed by atoms with Gasteiger partial charge in [-0.2, -0.15) is 0 Å². The Labute approximate surface area is 90.2 Å². The molecule has 0 aromatic rings. The average Bonchev–Trinajstić information content (AvgIpc) is 2.69. The molecule has 1 atom stereocenters. The van der Waals surface area contributed by atoms with E-state index in [-0.39, 0.29) is 0 Å². The predicted octanol–water partition coefficient (Wildman–Crippen LogP) is 0.248. The van der Waals surface area contributed by atoms with Crippen LogP contribution in [0.1, 0.15) is 25.7 Å². The fourth-order valence-electron chi connectivity index (χ4n) is 1.73. The summed E-state index contributed by atoms with van der Waals surface area (Å²) in [5, 5.41) is 8.45. The molecule has 0 aromatic heterocycles. The number of rotatable bonds is 7. The molecule has 1 heterocycles. The molecule has 1 saturated heterocycles. The molecule has 88 valence electrons. The predicted molar refractivity (Wildman–Crippen MR) is 56.5 cm³/mol. The van der Waals surface area contributed by atoms with Gasteiger partial charge in [0.2, 0.25) is 6.23 Å². The Morgan fingerprint density at radius 3 is 2.67 bits per heavy atom. The Kier molecular flexibility index (Phi) is 5.60. The summed E-state index contributed by atoms with van der Waals surface area (Å²) < 4.78 is 4.93. The van der Waals surface area contributed by atoms with Crippen LogP contribution in [0.4, 0.5) is 0 Å². The fraction of sp³-hybridized carbons (Fsp3) is 0.900. The molecule has 0 bridgehead atoms. The second-order valence-electron chi connectivity index (χ2n) is 3.89. The number of hydrogen-bond donors (Lipinski definition) is 2. The molecule has 5 nitrogen and oxygen atoms in total. The van der Waals surface area contributed by atoms with Crippen LogP contribution >= 0.6 is 0 Å². The topological polar surface area (TPSA) is 75.8 Å². The van der Waals surface area contributed by atoms with Crippen LogP contribution in [0.25, 0.3) is 0 Å². The summed E-state index contributed by atoms with van der Waals surface area (Å²) in [6.45, 7) is 3.93. The highest BCUT2D eigenvalue weighted by Gasteiger charge is 2.12. The number of carboxylic acids is 1. The third kappa shape index (κ3) is 5.11. The van der Waals surface area contributed by atoms with Crippen LogP contribution in [0.5, 0.6) is 0 Å². The van der Waals surface area contributed by atoms with Gasteiger partial charge in [-0.25, -0.2) is 4.79 Å². The number of carboxylic acid groups (broad SMARTS) is 1. The molecule has 1 fully saturated rings. The lowest BCUT2D eigenvalue weighted by Gasteiger charge is -2.14. The van der Waals surface area contributed by atoms with Gasteiger partial charge < -0.3 is 14.7 Å². The summed E-state index contributed by atoms with van der Waals surface area (Å²) in [4.78, 5) is 12.7. The minimum absolute atomic E-state index is 0.432. The molecule has 15 heavy (non-hydrogen) atoms. The lowest BCUT2D eigenvalue weighted by molar-refractivity contribution is -0.150. The number of ether oxygens (including phenoxy) is 1. The van der Waals surface area contributed by atoms with Gasteiger partial charge in [-0.1, -0.05) is 0 Å². The Hall–Kier alpha value is -0.650. The van der Waals surface area contributed by atoms with E-state index >= 15 is 0 Å². The summed E-state index contributed by atoms with van der Waals surface area (Å²) in [7, 11) is 0. The third-order valence-electron chi connectivity index (χ3n) is 2.61. The molecule has 0 spiro atoms. The van der Waals surface area contributed by atoms with Crippen LogP contribution in [0, 0.1) is 0 Å². The van der Waals surface area contributed by atoms with Crippen LogP contribution in [-0.4, -0.2) is 48.4 Å². The van der Waals surface area contributed by atoms with Crippen LogP contribution in [0.15, 0.2) is 0 Å². The Bertz CT molecular complexity index is 193. The molecule has 3 N–H and O–H groups in total. The first-order valence-corrected chi connectivity index (χ1v) is 5.52. The minimum atomic E-state index is -1.17. The highest BCUT2D eigenvalue weighted by Crippen LogP contribution is 2.08. The monoisotopic (exact) mass is 216 g/mol. The number of likely N-dealkylation sites (tertiary alicyclic amines) is 1. The highest BCUT2D eigenvalue weighted by molar-refractivity contribution is 5.71. The lowest BCUT2D eigenvalue weighted by Crippen LogP contribution is -2.33. The van der Waals surface area contributed by atoms with E-state index in [1.54, 1.807) is 0 Å². The van der Waals surface area contributed by atoms with Crippen LogP contribution in [0.2, 0.25) is 0 Å². The summed E-state index contributed by atoms with van der Waals surface area (Å²) in [5.74, 6) is -1.10. The Morgan fingerprint density at radius 2 is 2.07 bits per heavy atom. The summed E-state index contributed by atoms with van der Waals surface area (Å²) >= 11 is 0. The van der Waals surface area contributed by atoms with Gasteiger partial charge in [-0.3, -0.25) is 5.73 Å². The maximum absolute atomic E-state index is 10.3. The van der Waals surface area contributed by atoms with E-state index < -0.39 is 12.2 Å². The van der Waals surface area contributed by atoms with Gasteiger partial charge in [-0.15, -0.1) is 0 Å². The fourth-order valence-corrected chi connectivity index (χ4v) is 1.73. The van der Waals surface area contributed by atoms with E-state index in [2.05, 4.69) is 4.90 Å². The van der Waals surface area contributed by atoms with Gasteiger partial charge in [-0.05, 0) is 45.3 Å². The molecule has 1 rings (SSSR count). The normalized spacial score (nSPS) is 19.3. The molecular weight excluding hydrogens is 196 g/mol. The van der Waals surface area contributed by atoms with E-state index in [9.17, 15) is 4.79 Å². The van der Waals surface area contributed by atoms with Gasteiger partial charge in [0.25, 0.3) is 0 Å². The molecule has 1 aliphatic heterocycles. The van der Waals surface area contributed by atoms with Gasteiger partial charge in [0, 0.05) is 6.61 Å². The first-order valence-electron chi connectivity index (χ1n) is 5.52. The number of carbonyl (C=O) groups is 1. The molecule has 0 saturated carbocycles. The largest absolute Gasteiger partial charge is 0.478 e. The SMILES string of the molecule is NC(OCCCCN1CCCC1)C(=O)O. The smallest absolute Gasteiger partial charge is 0.347 e. The molecule has 1 unspecified atom stereocenters. The van der Waals surface area contributed by atoms with Crippen LogP contribution in [0.3, 0.4) is 0 Å². The van der Waals surface area contributed by atoms with Crippen LogP contribution < -0.4 is 5.73 Å². The lowest BCUT2D eigenvalue weighted by atomic mass is 10.3. The minimum Gasteiger partial charge on any atom is -0.478 e. The van der Waals surface area contributed by atoms with Gasteiger partial charge in [0.05, 0.1) is 0 Å². The molecule has 0 aliphatic carbocycles. The third-order valence-corrected chi connectivity index (χ3v) is 2.61. The first-order chi connectivity index (χ1) is 7.20. The maximum Gasteiger partial charge on any atom is 0.347 e. The van der Waals surface area contributed by atoms with Crippen molar-refractivity contribution in [3.8, 4) is 0 Å². The van der Waals surface area contributed by atoms with Crippen molar-refractivity contribution in [2.45, 2.75) is 31.9 Å². The maximum atomic E-state index is 10.3. The number of hydrogen-bond acceptors (Lipinski definition) is 4. The first kappa shape index (κ1) is 12.4. The zero-order valence-corrected chi connectivity index (χ0v) is 9.02. The highest BCUT2D eigenvalue weighted by atomic mass is 16.5. The Morgan fingerprint density at radius 1 is 1.40 bits per heavy atom. The molecule has 5 heteroatoms. The number of nitrogens with zero attached hydrogens (tertiary/aromatic N) is 1. The molecule has 1 aliphatic rings. The molecule has 0 radical (unpaired) electrons. The number of unbranched alkanes of at least 4 members (excludes halogenated alkanes) is 1. The van der Waals surface area contributed by atoms with Crippen molar-refractivity contribution >= 4 is 5.97 Å². The van der Waals surface area contributed by atoms with Crippen LogP contribution in [-0.2, 0) is 9.53 Å². The number of nitrogens with two attached hydrogens (primary N) is 1. The van der Waals surface area contributed by atoms with E-state index in [0.717, 1.165) is 19.4 Å². The van der Waals surface area contributed by atoms with E-state index in [1.165, 1.54) is 25.9 Å². The summed E-state index contributed by atoms with van der Waals surface area (Å²) in [6.07, 6.45) is 3.36. The summed E-state index contributed by atoms with van der Waals surface area (Å²) in [6, 6.07) is 0. The van der Waals surface area contributed by atoms with E-state index in [0.29, 0.717) is 6.61 Å². The zero-order chi connectivity index (χ0) is 11.1. The van der Waals surface area contributed by atoms with E-state index in [4.69, 9.17) is 15.6 Å². The van der Waals surface area contributed by atoms with Crippen molar-refractivity contribution in [2.75, 3.05) is 26.2 Å². The van der Waals surface area contributed by atoms with Crippen molar-refractivity contribution in [1.29, 1.82) is 0 Å². The second-order valence-corrected chi connectivity index (χ2v) is 3.89. The second kappa shape index (κ2) is 6.76.